The minimum absolute atomic E-state index is 0.0199. The number of aromatic nitrogens is 2. The van der Waals surface area contributed by atoms with Crippen molar-refractivity contribution in [2.45, 2.75) is 18.9 Å². The van der Waals surface area contributed by atoms with Crippen LogP contribution in [0.5, 0.6) is 0 Å². The molecule has 68 heavy (non-hydrogen) atoms. The summed E-state index contributed by atoms with van der Waals surface area (Å²) in [7, 11) is 7.67. The molecule has 14 heteroatoms. The number of nitrogens with one attached hydrogen (secondary N) is 3. The average Bonchev–Trinajstić information content (AvgIpc) is 3.75. The topological polar surface area (TPSA) is 171 Å². The van der Waals surface area contributed by atoms with Crippen molar-refractivity contribution < 1.29 is 33.4 Å². The zero-order valence-corrected chi connectivity index (χ0v) is 38.5. The average molecular weight is 913 g/mol. The molecule has 1 aromatic heterocycles. The van der Waals surface area contributed by atoms with Crippen molar-refractivity contribution in [2.24, 2.45) is 0 Å². The zero-order chi connectivity index (χ0) is 47.7. The molecule has 0 bridgehead atoms. The number of hydrogen-bond donors (Lipinski definition) is 4. The second kappa shape index (κ2) is 21.1. The van der Waals surface area contributed by atoms with Crippen LogP contribution < -0.4 is 30.8 Å². The first-order chi connectivity index (χ1) is 32.9. The molecule has 0 radical (unpaired) electrons. The number of benzene rings is 5. The SMILES string of the molecule is C=C/C(=C\C=C(/C(=O)O)c1c2ccc(=[N+](C)C)cc-2oc2cc(N(C)C)ccc12)C(=O)NCCOCCOCC(=O)Nc1ccc(-c2nc(NC3Cc4ccccc4C3)c3ccccc3n2)cc1. The Kier molecular flexibility index (Phi) is 14.5. The van der Waals surface area contributed by atoms with Crippen LogP contribution >= 0.6 is 0 Å². The molecule has 2 amide bonds. The minimum atomic E-state index is -1.17. The van der Waals surface area contributed by atoms with Crippen molar-refractivity contribution in [2.75, 3.05) is 76.7 Å². The highest BCUT2D eigenvalue weighted by Gasteiger charge is 2.25. The lowest BCUT2D eigenvalue weighted by Crippen LogP contribution is -2.28. The molecule has 0 fully saturated rings. The van der Waals surface area contributed by atoms with Crippen molar-refractivity contribution in [1.82, 2.24) is 19.9 Å². The highest BCUT2D eigenvalue weighted by atomic mass is 16.5. The maximum Gasteiger partial charge on any atom is 0.336 e. The van der Waals surface area contributed by atoms with Crippen LogP contribution in [0.4, 0.5) is 17.2 Å². The number of carbonyl (C=O) groups is 3. The number of carboxylic acids is 1. The van der Waals surface area contributed by atoms with Crippen molar-refractivity contribution in [3.05, 3.63) is 162 Å². The van der Waals surface area contributed by atoms with E-state index in [1.54, 1.807) is 0 Å². The van der Waals surface area contributed by atoms with Gasteiger partial charge in [-0.2, -0.15) is 0 Å². The van der Waals surface area contributed by atoms with E-state index >= 15 is 0 Å². The number of aliphatic carboxylic acids is 1. The molecule has 4 aromatic carbocycles. The van der Waals surface area contributed by atoms with Crippen LogP contribution in [-0.4, -0.2) is 100 Å². The van der Waals surface area contributed by atoms with E-state index in [1.165, 1.54) is 29.4 Å². The number of fused-ring (bicyclic) bond motifs is 4. The fourth-order valence-corrected chi connectivity index (χ4v) is 8.18. The van der Waals surface area contributed by atoms with Crippen LogP contribution in [0.2, 0.25) is 0 Å². The Balaban J connectivity index is 0.807. The van der Waals surface area contributed by atoms with Crippen LogP contribution in [0.1, 0.15) is 16.7 Å². The second-order valence-electron chi connectivity index (χ2n) is 16.8. The largest absolute Gasteiger partial charge is 0.478 e. The molecule has 0 saturated heterocycles. The van der Waals surface area contributed by atoms with Gasteiger partial charge in [-0.1, -0.05) is 49.1 Å². The van der Waals surface area contributed by atoms with E-state index in [-0.39, 0.29) is 56.1 Å². The van der Waals surface area contributed by atoms with Crippen molar-refractivity contribution in [3.8, 4) is 22.7 Å². The van der Waals surface area contributed by atoms with E-state index in [4.69, 9.17) is 23.9 Å². The summed E-state index contributed by atoms with van der Waals surface area (Å²) in [5.41, 5.74) is 7.63. The number of hydrogen-bond acceptors (Lipinski definition) is 10. The molecule has 346 valence electrons. The van der Waals surface area contributed by atoms with Gasteiger partial charge in [0.05, 0.1) is 37.0 Å². The fourth-order valence-electron chi connectivity index (χ4n) is 8.18. The first-order valence-corrected chi connectivity index (χ1v) is 22.4. The molecule has 0 saturated carbocycles. The molecule has 2 heterocycles. The first-order valence-electron chi connectivity index (χ1n) is 22.4. The molecule has 2 aliphatic carbocycles. The third-order valence-electron chi connectivity index (χ3n) is 11.7. The lowest BCUT2D eigenvalue weighted by molar-refractivity contribution is -0.130. The molecule has 1 aliphatic heterocycles. The van der Waals surface area contributed by atoms with Gasteiger partial charge < -0.3 is 39.8 Å². The zero-order valence-electron chi connectivity index (χ0n) is 38.5. The lowest BCUT2D eigenvalue weighted by Gasteiger charge is -2.18. The van der Waals surface area contributed by atoms with Crippen molar-refractivity contribution in [3.63, 3.8) is 0 Å². The van der Waals surface area contributed by atoms with E-state index < -0.39 is 11.9 Å². The fraction of sp³-hybridized carbons (Fsp3) is 0.222. The number of amides is 2. The van der Waals surface area contributed by atoms with E-state index in [1.807, 2.05) is 123 Å². The predicted molar refractivity (Wildman–Crippen MR) is 268 cm³/mol. The Morgan fingerprint density at radius 2 is 1.59 bits per heavy atom. The summed E-state index contributed by atoms with van der Waals surface area (Å²) in [6.07, 6.45) is 6.09. The Morgan fingerprint density at radius 1 is 0.853 bits per heavy atom. The number of ether oxygens (including phenoxy) is 2. The van der Waals surface area contributed by atoms with Gasteiger partial charge in [-0.25, -0.2) is 19.3 Å². The number of para-hydroxylation sites is 1. The van der Waals surface area contributed by atoms with Crippen molar-refractivity contribution in [1.29, 1.82) is 0 Å². The van der Waals surface area contributed by atoms with Crippen LogP contribution in [0.15, 0.2) is 144 Å². The van der Waals surface area contributed by atoms with Gasteiger partial charge in [0.15, 0.2) is 5.82 Å². The molecule has 5 aromatic rings. The monoisotopic (exact) mass is 912 g/mol. The number of allylic oxidation sites excluding steroid dienone is 2. The standard InChI is InChI=1S/C54H53N7O7/c1-6-34(17-22-45(54(64)65)50-43-23-20-40(60(2)3)31-47(43)68-48-32-41(61(4)5)21-24-44(48)50)53(63)55-25-26-66-27-28-67-33-49(62)56-38-18-15-35(16-19-38)51-58-46-14-10-9-13-42(46)52(59-51)57-39-29-36-11-7-8-12-37(36)30-39/h6-24,31-32,39H,1,25-30,33H2,2-5H3,(H3-,55,56,57,58,59,62,63,64,65)/p+1/b34-17+,45-22-. The Labute approximate surface area is 394 Å². The number of carbonyl (C=O) groups excluding carboxylic acids is 2. The third-order valence-corrected chi connectivity index (χ3v) is 11.7. The summed E-state index contributed by atoms with van der Waals surface area (Å²) < 4.78 is 19.4. The predicted octanol–water partition coefficient (Wildman–Crippen LogP) is 7.19. The van der Waals surface area contributed by atoms with Gasteiger partial charge in [0.2, 0.25) is 11.3 Å². The van der Waals surface area contributed by atoms with Gasteiger partial charge in [0.1, 0.15) is 37.9 Å². The molecule has 3 aliphatic rings. The summed E-state index contributed by atoms with van der Waals surface area (Å²) in [5, 5.41) is 22.3. The highest BCUT2D eigenvalue weighted by Crippen LogP contribution is 2.39. The summed E-state index contributed by atoms with van der Waals surface area (Å²) in [5.74, 6) is -0.0397. The summed E-state index contributed by atoms with van der Waals surface area (Å²) in [6.45, 7) is 4.31. The second-order valence-corrected chi connectivity index (χ2v) is 16.8. The number of rotatable bonds is 18. The molecule has 8 rings (SSSR count). The van der Waals surface area contributed by atoms with Gasteiger partial charge in [-0.15, -0.1) is 0 Å². The Morgan fingerprint density at radius 3 is 2.31 bits per heavy atom. The summed E-state index contributed by atoms with van der Waals surface area (Å²) in [6, 6.07) is 35.4. The smallest absolute Gasteiger partial charge is 0.336 e. The summed E-state index contributed by atoms with van der Waals surface area (Å²) in [4.78, 5) is 50.4. The van der Waals surface area contributed by atoms with Crippen LogP contribution in [0.3, 0.4) is 0 Å². The van der Waals surface area contributed by atoms with Crippen LogP contribution in [0, 0.1) is 0 Å². The number of anilines is 3. The number of carboxylic acid groups (broad SMARTS) is 1. The number of nitrogens with zero attached hydrogens (tertiary/aromatic N) is 4. The van der Waals surface area contributed by atoms with E-state index in [0.717, 1.165) is 46.2 Å². The van der Waals surface area contributed by atoms with Crippen LogP contribution in [-0.2, 0) is 36.7 Å². The quantitative estimate of drug-likeness (QED) is 0.0226. The molecule has 0 atom stereocenters. The maximum atomic E-state index is 13.1. The molecular weight excluding hydrogens is 859 g/mol. The van der Waals surface area contributed by atoms with Crippen LogP contribution in [0.25, 0.3) is 50.2 Å². The van der Waals surface area contributed by atoms with Gasteiger partial charge in [-0.05, 0) is 90.7 Å². The third kappa shape index (κ3) is 10.8. The van der Waals surface area contributed by atoms with E-state index in [9.17, 15) is 19.5 Å². The van der Waals surface area contributed by atoms with E-state index in [2.05, 4.69) is 46.8 Å². The first kappa shape index (κ1) is 46.6. The van der Waals surface area contributed by atoms with Gasteiger partial charge in [-0.3, -0.25) is 9.59 Å². The molecule has 0 spiro atoms. The highest BCUT2D eigenvalue weighted by molar-refractivity contribution is 6.22. The van der Waals surface area contributed by atoms with Gasteiger partial charge in [0.25, 0.3) is 5.91 Å². The van der Waals surface area contributed by atoms with Crippen molar-refractivity contribution >= 4 is 62.4 Å². The Bertz CT molecular complexity index is 3110. The van der Waals surface area contributed by atoms with Gasteiger partial charge >= 0.3 is 5.97 Å². The Hall–Kier alpha value is -7.94. The molecule has 14 nitrogen and oxygen atoms in total. The summed E-state index contributed by atoms with van der Waals surface area (Å²) >= 11 is 0. The molecule has 0 unspecified atom stereocenters. The maximum absolute atomic E-state index is 13.1. The lowest BCUT2D eigenvalue weighted by atomic mass is 9.92. The molecule has 4 N–H and O–H groups in total. The van der Waals surface area contributed by atoms with Gasteiger partial charge in [0, 0.05) is 83.2 Å². The molecular formula is C54H54N7O7+. The normalized spacial score (nSPS) is 12.8. The minimum Gasteiger partial charge on any atom is -0.478 e. The van der Waals surface area contributed by atoms with E-state index in [0.29, 0.717) is 39.4 Å².